The summed E-state index contributed by atoms with van der Waals surface area (Å²) in [6, 6.07) is 7.96. The molecule has 1 fully saturated rings. The number of benzene rings is 1. The number of piperidine rings is 1. The van der Waals surface area contributed by atoms with Crippen LogP contribution in [0.3, 0.4) is 0 Å². The molecule has 1 aliphatic heterocycles. The lowest BCUT2D eigenvalue weighted by atomic mass is 10.1. The Morgan fingerprint density at radius 3 is 3.05 bits per heavy atom. The van der Waals surface area contributed by atoms with Crippen LogP contribution in [0, 0.1) is 11.3 Å². The molecule has 1 amide bonds. The highest BCUT2D eigenvalue weighted by Gasteiger charge is 2.24. The standard InChI is InChI=1S/C15H15ClN4O/c16-7-6-13-19-15-10(8-17)2-1-3-12(15)20(13)11-4-5-14(21)18-9-11/h1-3,11H,4-7,9H2,(H,18,21). The molecule has 2 heterocycles. The van der Waals surface area contributed by atoms with Gasteiger partial charge in [-0.2, -0.15) is 5.26 Å². The van der Waals surface area contributed by atoms with Gasteiger partial charge in [-0.1, -0.05) is 6.07 Å². The van der Waals surface area contributed by atoms with Crippen molar-refractivity contribution in [2.24, 2.45) is 0 Å². The number of nitriles is 1. The number of fused-ring (bicyclic) bond motifs is 1. The molecule has 108 valence electrons. The lowest BCUT2D eigenvalue weighted by Crippen LogP contribution is -2.36. The first-order valence-corrected chi connectivity index (χ1v) is 7.50. The number of hydrogen-bond donors (Lipinski definition) is 1. The summed E-state index contributed by atoms with van der Waals surface area (Å²) in [5.74, 6) is 1.45. The molecule has 1 aliphatic rings. The number of nitrogens with zero attached hydrogens (tertiary/aromatic N) is 3. The Hall–Kier alpha value is -2.06. The molecule has 1 atom stereocenters. The minimum absolute atomic E-state index is 0.0901. The van der Waals surface area contributed by atoms with Crippen molar-refractivity contribution in [3.63, 3.8) is 0 Å². The van der Waals surface area contributed by atoms with Crippen LogP contribution in [-0.2, 0) is 11.2 Å². The highest BCUT2D eigenvalue weighted by Crippen LogP contribution is 2.27. The Bertz CT molecular complexity index is 721. The number of carbonyl (C=O) groups excluding carboxylic acids is 1. The Kier molecular flexibility index (Phi) is 3.80. The van der Waals surface area contributed by atoms with Gasteiger partial charge in [-0.15, -0.1) is 11.6 Å². The molecule has 0 radical (unpaired) electrons. The minimum atomic E-state index is 0.0901. The third-order valence-corrected chi connectivity index (χ3v) is 4.03. The number of halogens is 1. The molecule has 2 aromatic rings. The number of aromatic nitrogens is 2. The number of rotatable bonds is 3. The molecule has 6 heteroatoms. The second-order valence-corrected chi connectivity index (χ2v) is 5.50. The molecule has 21 heavy (non-hydrogen) atoms. The fourth-order valence-corrected chi connectivity index (χ4v) is 3.03. The summed E-state index contributed by atoms with van der Waals surface area (Å²) in [6.07, 6.45) is 1.94. The molecule has 1 aromatic heterocycles. The van der Waals surface area contributed by atoms with Crippen LogP contribution < -0.4 is 5.32 Å². The smallest absolute Gasteiger partial charge is 0.220 e. The van der Waals surface area contributed by atoms with Crippen molar-refractivity contribution in [3.8, 4) is 6.07 Å². The predicted octanol–water partition coefficient (Wildman–Crippen LogP) is 2.14. The average Bonchev–Trinajstić information content (AvgIpc) is 2.86. The number of nitrogens with one attached hydrogen (secondary N) is 1. The fourth-order valence-electron chi connectivity index (χ4n) is 2.86. The molecular weight excluding hydrogens is 288 g/mol. The summed E-state index contributed by atoms with van der Waals surface area (Å²) in [5.41, 5.74) is 2.23. The molecule has 1 N–H and O–H groups in total. The van der Waals surface area contributed by atoms with Gasteiger partial charge in [-0.3, -0.25) is 4.79 Å². The Morgan fingerprint density at radius 1 is 1.52 bits per heavy atom. The summed E-state index contributed by atoms with van der Waals surface area (Å²) in [7, 11) is 0. The zero-order chi connectivity index (χ0) is 14.8. The van der Waals surface area contributed by atoms with Crippen LogP contribution in [0.1, 0.15) is 30.3 Å². The third kappa shape index (κ3) is 2.47. The fraction of sp³-hybridized carbons (Fsp3) is 0.400. The van der Waals surface area contributed by atoms with Crippen molar-refractivity contribution in [3.05, 3.63) is 29.6 Å². The molecule has 0 spiro atoms. The number of para-hydroxylation sites is 1. The zero-order valence-electron chi connectivity index (χ0n) is 11.5. The molecule has 1 unspecified atom stereocenters. The predicted molar refractivity (Wildman–Crippen MR) is 80.2 cm³/mol. The van der Waals surface area contributed by atoms with Gasteiger partial charge in [0.2, 0.25) is 5.91 Å². The Balaban J connectivity index is 2.12. The van der Waals surface area contributed by atoms with Crippen molar-refractivity contribution in [1.82, 2.24) is 14.9 Å². The first-order valence-electron chi connectivity index (χ1n) is 6.97. The van der Waals surface area contributed by atoms with E-state index in [4.69, 9.17) is 11.6 Å². The van der Waals surface area contributed by atoms with E-state index in [1.54, 1.807) is 6.07 Å². The molecular formula is C15H15ClN4O. The van der Waals surface area contributed by atoms with Crippen molar-refractivity contribution in [2.45, 2.75) is 25.3 Å². The number of aryl methyl sites for hydroxylation is 1. The second kappa shape index (κ2) is 5.74. The molecule has 1 aromatic carbocycles. The Labute approximate surface area is 127 Å². The van der Waals surface area contributed by atoms with Crippen LogP contribution in [0.5, 0.6) is 0 Å². The van der Waals surface area contributed by atoms with Crippen LogP contribution >= 0.6 is 11.6 Å². The number of imidazole rings is 1. The van der Waals surface area contributed by atoms with E-state index in [0.29, 0.717) is 30.8 Å². The van der Waals surface area contributed by atoms with Crippen LogP contribution in [0.25, 0.3) is 11.0 Å². The number of carbonyl (C=O) groups is 1. The first-order chi connectivity index (χ1) is 10.2. The first kappa shape index (κ1) is 13.9. The van der Waals surface area contributed by atoms with E-state index in [1.165, 1.54) is 0 Å². The van der Waals surface area contributed by atoms with Gasteiger partial charge in [0.1, 0.15) is 17.4 Å². The van der Waals surface area contributed by atoms with Gasteiger partial charge in [0.05, 0.1) is 17.1 Å². The van der Waals surface area contributed by atoms with Gasteiger partial charge in [-0.05, 0) is 18.6 Å². The van der Waals surface area contributed by atoms with Gasteiger partial charge >= 0.3 is 0 Å². The number of alkyl halides is 1. The molecule has 0 aliphatic carbocycles. The Morgan fingerprint density at radius 2 is 2.38 bits per heavy atom. The van der Waals surface area contributed by atoms with Gasteiger partial charge in [-0.25, -0.2) is 4.98 Å². The molecule has 0 saturated carbocycles. The van der Waals surface area contributed by atoms with E-state index >= 15 is 0 Å². The summed E-state index contributed by atoms with van der Waals surface area (Å²) in [4.78, 5) is 16.0. The van der Waals surface area contributed by atoms with Crippen LogP contribution in [0.4, 0.5) is 0 Å². The van der Waals surface area contributed by atoms with E-state index in [0.717, 1.165) is 23.3 Å². The minimum Gasteiger partial charge on any atom is -0.354 e. The lowest BCUT2D eigenvalue weighted by Gasteiger charge is -2.26. The van der Waals surface area contributed by atoms with Crippen LogP contribution in [0.2, 0.25) is 0 Å². The molecule has 3 rings (SSSR count). The van der Waals surface area contributed by atoms with E-state index in [9.17, 15) is 10.1 Å². The quantitative estimate of drug-likeness (QED) is 0.883. The van der Waals surface area contributed by atoms with Gasteiger partial charge in [0.15, 0.2) is 0 Å². The number of amides is 1. The average molecular weight is 303 g/mol. The lowest BCUT2D eigenvalue weighted by molar-refractivity contribution is -0.122. The molecule has 0 bridgehead atoms. The van der Waals surface area contributed by atoms with Crippen LogP contribution in [0.15, 0.2) is 18.2 Å². The van der Waals surface area contributed by atoms with E-state index < -0.39 is 0 Å². The highest BCUT2D eigenvalue weighted by atomic mass is 35.5. The maximum absolute atomic E-state index is 11.4. The normalized spacial score (nSPS) is 18.5. The van der Waals surface area contributed by atoms with Crippen molar-refractivity contribution >= 4 is 28.5 Å². The van der Waals surface area contributed by atoms with Crippen molar-refractivity contribution in [2.75, 3.05) is 12.4 Å². The molecule has 1 saturated heterocycles. The topological polar surface area (TPSA) is 70.7 Å². The summed E-state index contributed by atoms with van der Waals surface area (Å²) < 4.78 is 2.14. The third-order valence-electron chi connectivity index (χ3n) is 3.84. The summed E-state index contributed by atoms with van der Waals surface area (Å²) >= 11 is 5.88. The van der Waals surface area contributed by atoms with Gasteiger partial charge in [0.25, 0.3) is 0 Å². The maximum atomic E-state index is 11.4. The summed E-state index contributed by atoms with van der Waals surface area (Å²) in [5, 5.41) is 12.1. The monoisotopic (exact) mass is 302 g/mol. The zero-order valence-corrected chi connectivity index (χ0v) is 12.2. The van der Waals surface area contributed by atoms with E-state index in [-0.39, 0.29) is 11.9 Å². The van der Waals surface area contributed by atoms with Crippen molar-refractivity contribution < 1.29 is 4.79 Å². The van der Waals surface area contributed by atoms with Crippen LogP contribution in [-0.4, -0.2) is 27.9 Å². The number of hydrogen-bond acceptors (Lipinski definition) is 3. The highest BCUT2D eigenvalue weighted by molar-refractivity contribution is 6.17. The van der Waals surface area contributed by atoms with Gasteiger partial charge in [0, 0.05) is 25.3 Å². The summed E-state index contributed by atoms with van der Waals surface area (Å²) in [6.45, 7) is 0.594. The second-order valence-electron chi connectivity index (χ2n) is 5.12. The molecule has 5 nitrogen and oxygen atoms in total. The van der Waals surface area contributed by atoms with Crippen molar-refractivity contribution in [1.29, 1.82) is 5.26 Å². The SMILES string of the molecule is N#Cc1cccc2c1nc(CCCl)n2C1CCC(=O)NC1. The van der Waals surface area contributed by atoms with E-state index in [1.807, 2.05) is 12.1 Å². The largest absolute Gasteiger partial charge is 0.354 e. The maximum Gasteiger partial charge on any atom is 0.220 e. The van der Waals surface area contributed by atoms with Gasteiger partial charge < -0.3 is 9.88 Å². The van der Waals surface area contributed by atoms with E-state index in [2.05, 4.69) is 20.9 Å².